The summed E-state index contributed by atoms with van der Waals surface area (Å²) in [6, 6.07) is 14.2. The molecule has 7 aliphatic carbocycles. The van der Waals surface area contributed by atoms with Crippen LogP contribution in [0.1, 0.15) is 186 Å². The molecule has 29 nitrogen and oxygen atoms in total. The molecule has 7 saturated carbocycles. The number of carboxylic acids is 8. The number of esters is 6. The highest BCUT2D eigenvalue weighted by Crippen LogP contribution is 2.67. The van der Waals surface area contributed by atoms with Gasteiger partial charge >= 0.3 is 77.6 Å². The molecule has 0 spiro atoms. The van der Waals surface area contributed by atoms with Gasteiger partial charge in [-0.2, -0.15) is 0 Å². The van der Waals surface area contributed by atoms with Gasteiger partial charge in [0.25, 0.3) is 5.97 Å². The normalized spacial score (nSPS) is 26.9. The van der Waals surface area contributed by atoms with Crippen molar-refractivity contribution in [3.05, 3.63) is 65.7 Å². The summed E-state index contributed by atoms with van der Waals surface area (Å²) in [7, 11) is 0. The van der Waals surface area contributed by atoms with Crippen molar-refractivity contribution in [2.24, 2.45) is 44.8 Å². The van der Waals surface area contributed by atoms with Crippen LogP contribution < -0.4 is 4.74 Å². The van der Waals surface area contributed by atoms with Crippen LogP contribution in [0.15, 0.2) is 54.6 Å². The molecule has 4 unspecified atom stereocenters. The number of benzene rings is 2. The predicted octanol–water partition coefficient (Wildman–Crippen LogP) is 7.34. The summed E-state index contributed by atoms with van der Waals surface area (Å²) in [5, 5.41) is 76.2. The van der Waals surface area contributed by atoms with Gasteiger partial charge in [0.05, 0.1) is 21.8 Å². The summed E-state index contributed by atoms with van der Waals surface area (Å²) in [5.74, 6) is -9.07. The molecule has 2 saturated heterocycles. The first kappa shape index (κ1) is 79.2. The van der Waals surface area contributed by atoms with E-state index < -0.39 is 130 Å². The summed E-state index contributed by atoms with van der Waals surface area (Å²) in [4.78, 5) is 151. The fourth-order valence-electron chi connectivity index (χ4n) is 13.3. The van der Waals surface area contributed by atoms with Crippen LogP contribution in [-0.4, -0.2) is 166 Å². The minimum Gasteiger partial charge on any atom is -0.481 e. The molecule has 11 rings (SSSR count). The lowest BCUT2D eigenvalue weighted by atomic mass is 9.49. The first-order valence-electron chi connectivity index (χ1n) is 30.3. The van der Waals surface area contributed by atoms with E-state index in [4.69, 9.17) is 59.5 Å². The van der Waals surface area contributed by atoms with Crippen LogP contribution in [0.4, 0.5) is 0 Å². The highest BCUT2D eigenvalue weighted by atomic mass is 16.6. The van der Waals surface area contributed by atoms with Crippen molar-refractivity contribution in [2.45, 2.75) is 182 Å². The average Bonchev–Trinajstić information content (AvgIpc) is 1.53. The topological polar surface area (TPSA) is 476 Å². The Morgan fingerprint density at radius 2 is 0.894 bits per heavy atom. The van der Waals surface area contributed by atoms with Gasteiger partial charge in [-0.05, 0) is 146 Å². The molecule has 2 aromatic rings. The predicted molar refractivity (Wildman–Crippen MR) is 321 cm³/mol. The third-order valence-corrected chi connectivity index (χ3v) is 19.1. The Bertz CT molecular complexity index is 3100. The number of carbonyl (C=O) groups excluding carboxylic acids is 6. The minimum absolute atomic E-state index is 0.0160. The van der Waals surface area contributed by atoms with Crippen molar-refractivity contribution >= 4 is 83.6 Å². The molecule has 9 fully saturated rings. The molecule has 2 heterocycles. The van der Waals surface area contributed by atoms with Crippen LogP contribution in [-0.2, 0) is 81.2 Å². The lowest BCUT2D eigenvalue weighted by molar-refractivity contribution is -0.185. The van der Waals surface area contributed by atoms with Gasteiger partial charge in [0.15, 0.2) is 25.4 Å². The molecule has 0 amide bonds. The zero-order chi connectivity index (χ0) is 71.6. The quantitative estimate of drug-likeness (QED) is 0.0507. The SMILES string of the molecule is CC(=O)O.CC(=O)Oc1ccccc1C(=O)O.CC12CCC(C(=O)O)(OC1=O)C2(C)C.CC12CCC(C(=O)OCC(=O)O)(OC1=O)C2(C)C.CCC(=O)O.O=C(O)C1(O)CCCCC1.O=C(O)COC(=O)C12CC3CC(CC(C3)C1)C2.O=C(O)COC(=O)c1ccccc1. The van der Waals surface area contributed by atoms with Crippen LogP contribution in [0.2, 0.25) is 0 Å². The third kappa shape index (κ3) is 18.9. The van der Waals surface area contributed by atoms with Gasteiger partial charge in [0.1, 0.15) is 11.3 Å². The first-order chi connectivity index (χ1) is 43.5. The second-order valence-electron chi connectivity index (χ2n) is 25.7. The number of aromatic carboxylic acids is 1. The van der Waals surface area contributed by atoms with Gasteiger partial charge in [-0.25, -0.2) is 38.4 Å². The first-order valence-corrected chi connectivity index (χ1v) is 30.3. The standard InChI is InChI=1S/C13H18O4.C12H16O6.C10H14O4.2C9H8O4.C7H12O3.C3H6O2.C2H4O2/c14-11(15)7-17-12(16)13-4-8-1-9(5-13)3-10(2-8)6-13;1-10(2)11(3)4-5-12(10,18-8(11)15)9(16)17-6-7(13)14;1-8(2)9(3)4-5-10(8,6(11)12)14-7(9)13;1-6(10)13-8-5-3-2-4-7(8)9(11)12;10-8(11)6-13-9(12)7-4-2-1-3-5-7;8-6(9)7(10)4-2-1-3-5-7;1-2-3(4)5;1-2(3)4/h8-10H,1-7H2,(H,14,15);4-6H2,1-3H3,(H,13,14);4-5H2,1-3H3,(H,11,12);2-5H,1H3,(H,11,12);1-5H,6H2,(H,10,11);10H,1-5H2,(H,8,9);2H2,1H3,(H,4,5);1H3,(H,3,4). The maximum atomic E-state index is 12.1. The van der Waals surface area contributed by atoms with E-state index in [0.29, 0.717) is 61.8 Å². The van der Waals surface area contributed by atoms with Crippen molar-refractivity contribution in [1.82, 2.24) is 0 Å². The Morgan fingerprint density at radius 3 is 1.23 bits per heavy atom. The highest BCUT2D eigenvalue weighted by molar-refractivity contribution is 5.95. The molecule has 9 N–H and O–H groups in total. The lowest BCUT2D eigenvalue weighted by Crippen LogP contribution is -2.50. The number of carbonyl (C=O) groups is 14. The number of rotatable bonds is 14. The van der Waals surface area contributed by atoms with Gasteiger partial charge in [0, 0.05) is 31.1 Å². The molecule has 4 atom stereocenters. The fraction of sp³-hybridized carbons (Fsp3) is 0.600. The molecule has 0 radical (unpaired) electrons. The smallest absolute Gasteiger partial charge is 0.351 e. The van der Waals surface area contributed by atoms with Gasteiger partial charge in [-0.3, -0.25) is 28.8 Å². The zero-order valence-corrected chi connectivity index (χ0v) is 54.1. The molecule has 94 heavy (non-hydrogen) atoms. The van der Waals surface area contributed by atoms with Crippen molar-refractivity contribution < 1.29 is 142 Å². The lowest BCUT2D eigenvalue weighted by Gasteiger charge is -2.55. The monoisotopic (exact) mass is 1330 g/mol. The summed E-state index contributed by atoms with van der Waals surface area (Å²) in [6.07, 6.45) is 12.3. The van der Waals surface area contributed by atoms with Crippen LogP contribution >= 0.6 is 0 Å². The maximum absolute atomic E-state index is 12.1. The van der Waals surface area contributed by atoms with Gasteiger partial charge in [-0.1, -0.05) is 71.4 Å². The maximum Gasteiger partial charge on any atom is 0.351 e. The van der Waals surface area contributed by atoms with E-state index in [1.807, 2.05) is 0 Å². The molecule has 8 bridgehead atoms. The van der Waals surface area contributed by atoms with E-state index in [9.17, 15) is 72.5 Å². The van der Waals surface area contributed by atoms with Crippen LogP contribution in [0.25, 0.3) is 0 Å². The van der Waals surface area contributed by atoms with Crippen molar-refractivity contribution in [3.8, 4) is 5.75 Å². The molecule has 9 aliphatic rings. The van der Waals surface area contributed by atoms with Gasteiger partial charge in [-0.15, -0.1) is 0 Å². The molecule has 29 heteroatoms. The second kappa shape index (κ2) is 32.7. The Morgan fingerprint density at radius 1 is 0.500 bits per heavy atom. The number of hydrogen-bond donors (Lipinski definition) is 9. The van der Waals surface area contributed by atoms with Crippen molar-refractivity contribution in [3.63, 3.8) is 0 Å². The summed E-state index contributed by atoms with van der Waals surface area (Å²) < 4.78 is 29.2. The minimum atomic E-state index is -1.40. The van der Waals surface area contributed by atoms with E-state index in [-0.39, 0.29) is 35.1 Å². The number of para-hydroxylation sites is 1. The van der Waals surface area contributed by atoms with Crippen LogP contribution in [0.5, 0.6) is 5.75 Å². The summed E-state index contributed by atoms with van der Waals surface area (Å²) in [6.45, 7) is 12.8. The number of aliphatic hydroxyl groups is 1. The molecule has 2 aromatic carbocycles. The Hall–Kier alpha value is -9.02. The fourth-order valence-corrected chi connectivity index (χ4v) is 13.3. The summed E-state index contributed by atoms with van der Waals surface area (Å²) >= 11 is 0. The largest absolute Gasteiger partial charge is 0.481 e. The summed E-state index contributed by atoms with van der Waals surface area (Å²) in [5.41, 5.74) is -6.70. The second-order valence-corrected chi connectivity index (χ2v) is 25.7. The van der Waals surface area contributed by atoms with E-state index in [2.05, 4.69) is 9.47 Å². The molecular formula is C65H86O29. The van der Waals surface area contributed by atoms with E-state index in [0.717, 1.165) is 45.4 Å². The van der Waals surface area contributed by atoms with Gasteiger partial charge < -0.3 is 74.4 Å². The van der Waals surface area contributed by atoms with Gasteiger partial charge in [0.2, 0.25) is 11.2 Å². The third-order valence-electron chi connectivity index (χ3n) is 19.1. The number of hydrogen-bond acceptors (Lipinski definition) is 21. The number of carboxylic acid groups (broad SMARTS) is 8. The number of aliphatic carboxylic acids is 7. The van der Waals surface area contributed by atoms with Crippen LogP contribution in [0, 0.1) is 44.8 Å². The number of fused-ring (bicyclic) bond motifs is 4. The Kier molecular flexibility index (Phi) is 27.6. The molecule has 520 valence electrons. The Labute approximate surface area is 541 Å². The van der Waals surface area contributed by atoms with E-state index >= 15 is 0 Å². The molecule has 2 aliphatic heterocycles. The van der Waals surface area contributed by atoms with E-state index in [1.54, 1.807) is 90.9 Å². The average molecular weight is 1330 g/mol. The van der Waals surface area contributed by atoms with Crippen molar-refractivity contribution in [1.29, 1.82) is 0 Å². The van der Waals surface area contributed by atoms with Crippen molar-refractivity contribution in [2.75, 3.05) is 19.8 Å². The zero-order valence-electron chi connectivity index (χ0n) is 54.1. The molecular weight excluding hydrogens is 1240 g/mol. The molecule has 0 aromatic heterocycles. The number of ether oxygens (including phenoxy) is 6. The van der Waals surface area contributed by atoms with E-state index in [1.165, 1.54) is 38.3 Å². The van der Waals surface area contributed by atoms with Crippen LogP contribution in [0.3, 0.4) is 0 Å². The highest BCUT2D eigenvalue weighted by Gasteiger charge is 2.77. The Balaban J connectivity index is 0.000000289.